The number of allylic oxidation sites excluding steroid dienone is 10. The highest BCUT2D eigenvalue weighted by Crippen LogP contribution is 2.17. The van der Waals surface area contributed by atoms with Gasteiger partial charge in [-0.25, -0.2) is 0 Å². The van der Waals surface area contributed by atoms with E-state index in [1.807, 2.05) is 42.5 Å². The van der Waals surface area contributed by atoms with E-state index in [0.717, 1.165) is 70.6 Å². The average molecular weight is 770 g/mol. The van der Waals surface area contributed by atoms with Gasteiger partial charge in [0.15, 0.2) is 0 Å². The van der Waals surface area contributed by atoms with Gasteiger partial charge in [0.2, 0.25) is 5.91 Å². The van der Waals surface area contributed by atoms with Crippen molar-refractivity contribution < 1.29 is 24.5 Å². The Kier molecular flexibility index (Phi) is 40.8. The number of ether oxygens (including phenoxy) is 1. The lowest BCUT2D eigenvalue weighted by Crippen LogP contribution is -2.46. The number of hydrogen-bond acceptors (Lipinski definition) is 5. The van der Waals surface area contributed by atoms with Crippen LogP contribution in [0.25, 0.3) is 0 Å². The minimum absolute atomic E-state index is 0.0600. The minimum atomic E-state index is -0.793. The second-order valence-corrected chi connectivity index (χ2v) is 15.6. The Balaban J connectivity index is 4.64. The molecule has 0 saturated carbocycles. The first-order valence-corrected chi connectivity index (χ1v) is 23.1. The molecule has 0 saturated heterocycles. The largest absolute Gasteiger partial charge is 0.462 e. The SMILES string of the molecule is CC/C=C/C=C/C=C\C=C/C=C/CCCCCC(=O)OC(CCCCCCCCCCCC)CC(=O)NC(CO)C(O)CCCCCCCCCCCCC. The zero-order valence-electron chi connectivity index (χ0n) is 36.0. The number of unbranched alkanes of at least 4 members (excludes halogenated alkanes) is 22. The quantitative estimate of drug-likeness (QED) is 0.0328. The Morgan fingerprint density at radius 3 is 1.47 bits per heavy atom. The van der Waals surface area contributed by atoms with Crippen molar-refractivity contribution in [3.63, 3.8) is 0 Å². The number of carbonyl (C=O) groups is 2. The molecule has 0 aliphatic rings. The highest BCUT2D eigenvalue weighted by Gasteiger charge is 2.24. The lowest BCUT2D eigenvalue weighted by molar-refractivity contribution is -0.151. The van der Waals surface area contributed by atoms with Crippen LogP contribution in [0.15, 0.2) is 60.8 Å². The second-order valence-electron chi connectivity index (χ2n) is 15.6. The first-order chi connectivity index (χ1) is 27.0. The van der Waals surface area contributed by atoms with E-state index in [4.69, 9.17) is 4.74 Å². The molecule has 55 heavy (non-hydrogen) atoms. The Hall–Kier alpha value is -2.44. The lowest BCUT2D eigenvalue weighted by atomic mass is 10.0. The van der Waals surface area contributed by atoms with Crippen molar-refractivity contribution in [2.45, 2.75) is 232 Å². The molecule has 3 atom stereocenters. The molecule has 0 aromatic heterocycles. The van der Waals surface area contributed by atoms with Crippen LogP contribution in [-0.2, 0) is 14.3 Å². The summed E-state index contributed by atoms with van der Waals surface area (Å²) in [7, 11) is 0. The zero-order valence-corrected chi connectivity index (χ0v) is 36.0. The van der Waals surface area contributed by atoms with Gasteiger partial charge in [0.25, 0.3) is 0 Å². The molecule has 0 radical (unpaired) electrons. The molecule has 1 amide bonds. The number of rotatable bonds is 40. The van der Waals surface area contributed by atoms with E-state index in [9.17, 15) is 19.8 Å². The van der Waals surface area contributed by atoms with Crippen molar-refractivity contribution in [1.29, 1.82) is 0 Å². The number of hydrogen-bond donors (Lipinski definition) is 3. The molecule has 318 valence electrons. The Morgan fingerprint density at radius 1 is 0.545 bits per heavy atom. The molecular formula is C49H87NO5. The van der Waals surface area contributed by atoms with E-state index in [1.165, 1.54) is 96.3 Å². The predicted molar refractivity (Wildman–Crippen MR) is 236 cm³/mol. The van der Waals surface area contributed by atoms with Crippen LogP contribution in [0.2, 0.25) is 0 Å². The summed E-state index contributed by atoms with van der Waals surface area (Å²) < 4.78 is 5.88. The first-order valence-electron chi connectivity index (χ1n) is 23.1. The van der Waals surface area contributed by atoms with Gasteiger partial charge in [-0.3, -0.25) is 9.59 Å². The molecule has 0 aromatic rings. The third-order valence-corrected chi connectivity index (χ3v) is 10.2. The van der Waals surface area contributed by atoms with Crippen molar-refractivity contribution >= 4 is 11.9 Å². The van der Waals surface area contributed by atoms with Crippen LogP contribution < -0.4 is 5.32 Å². The normalized spacial score (nSPS) is 13.9. The van der Waals surface area contributed by atoms with Crippen molar-refractivity contribution in [2.75, 3.05) is 6.61 Å². The maximum absolute atomic E-state index is 13.1. The molecule has 6 nitrogen and oxygen atoms in total. The van der Waals surface area contributed by atoms with E-state index >= 15 is 0 Å². The number of nitrogens with one attached hydrogen (secondary N) is 1. The van der Waals surface area contributed by atoms with E-state index in [1.54, 1.807) is 0 Å². The van der Waals surface area contributed by atoms with Gasteiger partial charge in [-0.1, -0.05) is 216 Å². The van der Waals surface area contributed by atoms with E-state index in [2.05, 4.69) is 44.3 Å². The van der Waals surface area contributed by atoms with Gasteiger partial charge < -0.3 is 20.3 Å². The van der Waals surface area contributed by atoms with Crippen LogP contribution in [0.4, 0.5) is 0 Å². The molecule has 0 rings (SSSR count). The molecule has 0 aromatic carbocycles. The number of carbonyl (C=O) groups excluding carboxylic acids is 2. The molecule has 0 fully saturated rings. The smallest absolute Gasteiger partial charge is 0.306 e. The standard InChI is InChI=1S/C49H87NO5/c1-4-7-10-13-16-19-22-23-24-25-27-30-33-36-39-42-49(54)55-45(40-37-34-31-28-21-18-15-12-9-6-3)43-48(53)50-46(44-51)47(52)41-38-35-32-29-26-20-17-14-11-8-5-2/h7,10,13,16,19,22-25,27,45-47,51-52H,4-6,8-9,11-12,14-15,17-18,20-21,26,28-44H2,1-3H3,(H,50,53)/b10-7+,16-13+,22-19-,24-23-,27-25+. The first kappa shape index (κ1) is 52.6. The van der Waals surface area contributed by atoms with Gasteiger partial charge in [-0.15, -0.1) is 0 Å². The van der Waals surface area contributed by atoms with Crippen LogP contribution in [-0.4, -0.2) is 46.9 Å². The van der Waals surface area contributed by atoms with Gasteiger partial charge >= 0.3 is 5.97 Å². The maximum Gasteiger partial charge on any atom is 0.306 e. The second kappa shape index (κ2) is 42.7. The highest BCUT2D eigenvalue weighted by atomic mass is 16.5. The monoisotopic (exact) mass is 770 g/mol. The minimum Gasteiger partial charge on any atom is -0.462 e. The molecular weight excluding hydrogens is 683 g/mol. The van der Waals surface area contributed by atoms with Gasteiger partial charge in [0.05, 0.1) is 25.2 Å². The summed E-state index contributed by atoms with van der Waals surface area (Å²) in [6.07, 6.45) is 51.3. The van der Waals surface area contributed by atoms with E-state index in [-0.39, 0.29) is 24.9 Å². The van der Waals surface area contributed by atoms with Crippen molar-refractivity contribution in [3.05, 3.63) is 60.8 Å². The van der Waals surface area contributed by atoms with Crippen molar-refractivity contribution in [3.8, 4) is 0 Å². The predicted octanol–water partition coefficient (Wildman–Crippen LogP) is 13.3. The molecule has 6 heteroatoms. The van der Waals surface area contributed by atoms with Gasteiger partial charge in [-0.2, -0.15) is 0 Å². The fourth-order valence-electron chi connectivity index (χ4n) is 6.74. The summed E-state index contributed by atoms with van der Waals surface area (Å²) in [6.45, 7) is 6.30. The summed E-state index contributed by atoms with van der Waals surface area (Å²) in [4.78, 5) is 26.0. The Bertz CT molecular complexity index is 999. The molecule has 0 aliphatic heterocycles. The van der Waals surface area contributed by atoms with Gasteiger partial charge in [0.1, 0.15) is 6.10 Å². The molecule has 0 heterocycles. The van der Waals surface area contributed by atoms with Crippen molar-refractivity contribution in [1.82, 2.24) is 5.32 Å². The summed E-state index contributed by atoms with van der Waals surface area (Å²) in [6, 6.07) is -0.708. The van der Waals surface area contributed by atoms with Gasteiger partial charge in [-0.05, 0) is 44.9 Å². The third-order valence-electron chi connectivity index (χ3n) is 10.2. The van der Waals surface area contributed by atoms with Crippen LogP contribution in [0.5, 0.6) is 0 Å². The lowest BCUT2D eigenvalue weighted by Gasteiger charge is -2.24. The molecule has 0 bridgehead atoms. The summed E-state index contributed by atoms with van der Waals surface area (Å²) >= 11 is 0. The average Bonchev–Trinajstić information content (AvgIpc) is 3.18. The number of aliphatic hydroxyl groups excluding tert-OH is 2. The van der Waals surface area contributed by atoms with Crippen LogP contribution in [0.1, 0.15) is 213 Å². The van der Waals surface area contributed by atoms with Crippen LogP contribution in [0.3, 0.4) is 0 Å². The van der Waals surface area contributed by atoms with Crippen LogP contribution in [0, 0.1) is 0 Å². The highest BCUT2D eigenvalue weighted by molar-refractivity contribution is 5.77. The molecule has 3 N–H and O–H groups in total. The molecule has 0 spiro atoms. The summed E-state index contributed by atoms with van der Waals surface area (Å²) in [5, 5.41) is 23.6. The topological polar surface area (TPSA) is 95.9 Å². The van der Waals surface area contributed by atoms with Gasteiger partial charge in [0, 0.05) is 6.42 Å². The fraction of sp³-hybridized carbons (Fsp3) is 0.755. The Morgan fingerprint density at radius 2 is 0.982 bits per heavy atom. The van der Waals surface area contributed by atoms with Crippen molar-refractivity contribution in [2.24, 2.45) is 0 Å². The molecule has 3 unspecified atom stereocenters. The Labute approximate surface area is 339 Å². The number of aliphatic hydroxyl groups is 2. The summed E-state index contributed by atoms with van der Waals surface area (Å²) in [5.41, 5.74) is 0. The number of esters is 1. The third kappa shape index (κ3) is 38.2. The fourth-order valence-corrected chi connectivity index (χ4v) is 6.74. The zero-order chi connectivity index (χ0) is 40.3. The summed E-state index contributed by atoms with van der Waals surface area (Å²) in [5.74, 6) is -0.525. The number of amides is 1. The molecule has 0 aliphatic carbocycles. The van der Waals surface area contributed by atoms with E-state index < -0.39 is 18.2 Å². The van der Waals surface area contributed by atoms with E-state index in [0.29, 0.717) is 19.3 Å². The van der Waals surface area contributed by atoms with Crippen LogP contribution >= 0.6 is 0 Å². The maximum atomic E-state index is 13.1.